The van der Waals surface area contributed by atoms with Crippen molar-refractivity contribution in [3.8, 4) is 11.3 Å². The Morgan fingerprint density at radius 3 is 2.30 bits per heavy atom. The first-order chi connectivity index (χ1) is 15.8. The molecule has 1 aromatic heterocycles. The number of carbonyl (C=O) groups is 1. The van der Waals surface area contributed by atoms with E-state index >= 15 is 0 Å². The van der Waals surface area contributed by atoms with E-state index in [1.54, 1.807) is 4.90 Å². The molecule has 0 radical (unpaired) electrons. The van der Waals surface area contributed by atoms with Gasteiger partial charge in [0.15, 0.2) is 5.43 Å². The predicted molar refractivity (Wildman–Crippen MR) is 135 cm³/mol. The molecular weight excluding hydrogens is 408 g/mol. The minimum atomic E-state index is -0.315. The topological polar surface area (TPSA) is 53.2 Å². The maximum absolute atomic E-state index is 14.1. The van der Waals surface area contributed by atoms with Crippen molar-refractivity contribution < 1.29 is 4.79 Å². The van der Waals surface area contributed by atoms with Crippen LogP contribution in [0.3, 0.4) is 0 Å². The van der Waals surface area contributed by atoms with Crippen molar-refractivity contribution in [1.29, 1.82) is 0 Å². The zero-order chi connectivity index (χ0) is 23.5. The van der Waals surface area contributed by atoms with Gasteiger partial charge in [0, 0.05) is 17.4 Å². The molecule has 0 bridgehead atoms. The van der Waals surface area contributed by atoms with Gasteiger partial charge >= 0.3 is 0 Å². The van der Waals surface area contributed by atoms with Crippen LogP contribution in [-0.4, -0.2) is 10.9 Å². The molecule has 0 atom stereocenters. The van der Waals surface area contributed by atoms with Gasteiger partial charge in [-0.25, -0.2) is 0 Å². The Morgan fingerprint density at radius 1 is 0.848 bits per heavy atom. The Labute approximate surface area is 194 Å². The quantitative estimate of drug-likeness (QED) is 0.410. The van der Waals surface area contributed by atoms with Gasteiger partial charge in [-0.15, -0.1) is 0 Å². The van der Waals surface area contributed by atoms with Crippen LogP contribution in [0, 0.1) is 27.7 Å². The number of pyridine rings is 1. The van der Waals surface area contributed by atoms with Gasteiger partial charge in [0.1, 0.15) is 5.56 Å². The lowest BCUT2D eigenvalue weighted by molar-refractivity contribution is 0.0984. The molecule has 4 aromatic rings. The van der Waals surface area contributed by atoms with Crippen molar-refractivity contribution in [3.05, 3.63) is 123 Å². The van der Waals surface area contributed by atoms with E-state index in [9.17, 15) is 9.59 Å². The van der Waals surface area contributed by atoms with E-state index in [4.69, 9.17) is 0 Å². The van der Waals surface area contributed by atoms with E-state index in [-0.39, 0.29) is 16.9 Å². The number of nitrogens with one attached hydrogen (secondary N) is 1. The van der Waals surface area contributed by atoms with E-state index in [2.05, 4.69) is 4.98 Å². The molecule has 0 unspecified atom stereocenters. The fraction of sp³-hybridized carbons (Fsp3) is 0.172. The average molecular weight is 437 g/mol. The van der Waals surface area contributed by atoms with Crippen LogP contribution in [0.2, 0.25) is 0 Å². The molecule has 0 spiro atoms. The summed E-state index contributed by atoms with van der Waals surface area (Å²) >= 11 is 0. The molecular formula is C29H28N2O2. The van der Waals surface area contributed by atoms with E-state index in [1.807, 2.05) is 100 Å². The zero-order valence-electron chi connectivity index (χ0n) is 19.5. The number of hydrogen-bond acceptors (Lipinski definition) is 2. The van der Waals surface area contributed by atoms with Gasteiger partial charge in [0.05, 0.1) is 12.2 Å². The molecule has 0 aliphatic rings. The predicted octanol–water partition coefficient (Wildman–Crippen LogP) is 6.12. The molecule has 4 nitrogen and oxygen atoms in total. The van der Waals surface area contributed by atoms with Crippen molar-refractivity contribution in [2.75, 3.05) is 4.90 Å². The number of amides is 1. The van der Waals surface area contributed by atoms with Gasteiger partial charge in [-0.1, -0.05) is 66.2 Å². The number of H-pyrrole nitrogens is 1. The Hall–Kier alpha value is -3.92. The lowest BCUT2D eigenvalue weighted by Gasteiger charge is -2.26. The number of aromatic nitrogens is 1. The largest absolute Gasteiger partial charge is 0.358 e. The minimum Gasteiger partial charge on any atom is -0.358 e. The van der Waals surface area contributed by atoms with Gasteiger partial charge in [-0.05, 0) is 62.1 Å². The molecule has 0 fully saturated rings. The number of benzene rings is 3. The molecule has 0 saturated heterocycles. The fourth-order valence-corrected chi connectivity index (χ4v) is 4.11. The minimum absolute atomic E-state index is 0.156. The highest BCUT2D eigenvalue weighted by atomic mass is 16.2. The lowest BCUT2D eigenvalue weighted by Crippen LogP contribution is -2.35. The normalized spacial score (nSPS) is 10.8. The van der Waals surface area contributed by atoms with Crippen molar-refractivity contribution in [1.82, 2.24) is 4.98 Å². The van der Waals surface area contributed by atoms with Gasteiger partial charge in [0.25, 0.3) is 5.91 Å². The first-order valence-corrected chi connectivity index (χ1v) is 11.1. The first-order valence-electron chi connectivity index (χ1n) is 11.1. The third kappa shape index (κ3) is 4.65. The molecule has 1 N–H and O–H groups in total. The summed E-state index contributed by atoms with van der Waals surface area (Å²) in [7, 11) is 0. The van der Waals surface area contributed by atoms with E-state index < -0.39 is 0 Å². The fourth-order valence-electron chi connectivity index (χ4n) is 4.11. The molecule has 0 aliphatic carbocycles. The van der Waals surface area contributed by atoms with Crippen LogP contribution in [0.1, 0.15) is 38.3 Å². The number of nitrogens with zero attached hydrogens (tertiary/aromatic N) is 1. The number of aromatic amines is 1. The Bertz CT molecular complexity index is 1370. The maximum Gasteiger partial charge on any atom is 0.264 e. The number of carbonyl (C=O) groups excluding carboxylic acids is 1. The van der Waals surface area contributed by atoms with Crippen molar-refractivity contribution in [2.45, 2.75) is 34.2 Å². The lowest BCUT2D eigenvalue weighted by atomic mass is 10.0. The van der Waals surface area contributed by atoms with Crippen LogP contribution in [0.25, 0.3) is 11.3 Å². The monoisotopic (exact) mass is 436 g/mol. The second-order valence-corrected chi connectivity index (χ2v) is 8.53. The van der Waals surface area contributed by atoms with Crippen molar-refractivity contribution >= 4 is 11.6 Å². The average Bonchev–Trinajstić information content (AvgIpc) is 2.79. The summed E-state index contributed by atoms with van der Waals surface area (Å²) in [5.74, 6) is -0.315. The van der Waals surface area contributed by atoms with Crippen LogP contribution in [-0.2, 0) is 6.54 Å². The Morgan fingerprint density at radius 2 is 1.58 bits per heavy atom. The number of anilines is 1. The SMILES string of the molecule is Cc1cccc(-c2[nH]c(C)cc(=O)c2C(=O)N(Cc2ccccc2)c2cccc(C)c2C)c1. The zero-order valence-corrected chi connectivity index (χ0v) is 19.5. The first kappa shape index (κ1) is 22.3. The molecule has 166 valence electrons. The summed E-state index contributed by atoms with van der Waals surface area (Å²) in [4.78, 5) is 32.4. The van der Waals surface area contributed by atoms with E-state index in [0.29, 0.717) is 12.2 Å². The van der Waals surface area contributed by atoms with Crippen LogP contribution >= 0.6 is 0 Å². The molecule has 33 heavy (non-hydrogen) atoms. The second kappa shape index (κ2) is 9.29. The molecule has 4 heteroatoms. The maximum atomic E-state index is 14.1. The molecule has 1 heterocycles. The van der Waals surface area contributed by atoms with Crippen LogP contribution in [0.4, 0.5) is 5.69 Å². The van der Waals surface area contributed by atoms with Gasteiger partial charge in [-0.2, -0.15) is 0 Å². The third-order valence-corrected chi connectivity index (χ3v) is 5.98. The number of aryl methyl sites for hydroxylation is 3. The van der Waals surface area contributed by atoms with Crippen LogP contribution < -0.4 is 10.3 Å². The summed E-state index contributed by atoms with van der Waals surface area (Å²) in [5, 5.41) is 0. The highest BCUT2D eigenvalue weighted by Crippen LogP contribution is 2.29. The molecule has 0 saturated carbocycles. The van der Waals surface area contributed by atoms with Gasteiger partial charge in [0.2, 0.25) is 0 Å². The molecule has 1 amide bonds. The summed E-state index contributed by atoms with van der Waals surface area (Å²) < 4.78 is 0. The molecule has 0 aliphatic heterocycles. The van der Waals surface area contributed by atoms with E-state index in [1.165, 1.54) is 6.07 Å². The Kier molecular flexibility index (Phi) is 6.27. The number of hydrogen-bond donors (Lipinski definition) is 1. The smallest absolute Gasteiger partial charge is 0.264 e. The summed E-state index contributed by atoms with van der Waals surface area (Å²) in [6, 6.07) is 25.1. The second-order valence-electron chi connectivity index (χ2n) is 8.53. The van der Waals surface area contributed by atoms with Crippen molar-refractivity contribution in [3.63, 3.8) is 0 Å². The summed E-state index contributed by atoms with van der Waals surface area (Å²) in [5.41, 5.74) is 6.93. The highest BCUT2D eigenvalue weighted by Gasteiger charge is 2.26. The molecule has 3 aromatic carbocycles. The van der Waals surface area contributed by atoms with E-state index in [0.717, 1.165) is 39.2 Å². The highest BCUT2D eigenvalue weighted by molar-refractivity contribution is 6.10. The summed E-state index contributed by atoms with van der Waals surface area (Å²) in [6.45, 7) is 8.24. The van der Waals surface area contributed by atoms with Gasteiger partial charge < -0.3 is 9.88 Å². The number of rotatable bonds is 5. The summed E-state index contributed by atoms with van der Waals surface area (Å²) in [6.07, 6.45) is 0. The Balaban J connectivity index is 1.91. The third-order valence-electron chi connectivity index (χ3n) is 5.98. The van der Waals surface area contributed by atoms with Gasteiger partial charge in [-0.3, -0.25) is 9.59 Å². The van der Waals surface area contributed by atoms with Crippen molar-refractivity contribution in [2.24, 2.45) is 0 Å². The molecule has 4 rings (SSSR count). The van der Waals surface area contributed by atoms with Crippen LogP contribution in [0.15, 0.2) is 83.7 Å². The van der Waals surface area contributed by atoms with Crippen LogP contribution in [0.5, 0.6) is 0 Å². The standard InChI is InChI=1S/C29H28N2O2/c1-19-10-8-14-24(16-19)28-27(26(32)17-21(3)30-28)29(33)31(18-23-12-6-5-7-13-23)25-15-9-11-20(2)22(25)4/h5-17H,18H2,1-4H3,(H,30,32).